The van der Waals surface area contributed by atoms with Crippen molar-refractivity contribution in [2.75, 3.05) is 6.61 Å². The maximum atomic E-state index is 12.9. The summed E-state index contributed by atoms with van der Waals surface area (Å²) in [4.78, 5) is 30.1. The minimum Gasteiger partial charge on any atom is -0.462 e. The van der Waals surface area contributed by atoms with Gasteiger partial charge in [0.15, 0.2) is 11.5 Å². The molecule has 2 heterocycles. The largest absolute Gasteiger partial charge is 0.462 e. The molecule has 0 saturated carbocycles. The second-order valence-corrected chi connectivity index (χ2v) is 5.70. The Hall–Kier alpha value is -2.10. The lowest BCUT2D eigenvalue weighted by molar-refractivity contribution is -0.156. The molecule has 0 unspecified atom stereocenters. The quantitative estimate of drug-likeness (QED) is 0.630. The van der Waals surface area contributed by atoms with Crippen LogP contribution in [0.4, 0.5) is 13.2 Å². The van der Waals surface area contributed by atoms with Crippen molar-refractivity contribution in [1.29, 1.82) is 0 Å². The van der Waals surface area contributed by atoms with Crippen molar-refractivity contribution < 1.29 is 46.0 Å². The van der Waals surface area contributed by atoms with Crippen molar-refractivity contribution in [3.8, 4) is 11.5 Å². The molecule has 0 amide bonds. The summed E-state index contributed by atoms with van der Waals surface area (Å²) < 4.78 is 63.5. The van der Waals surface area contributed by atoms with Gasteiger partial charge in [-0.1, -0.05) is 5.16 Å². The van der Waals surface area contributed by atoms with Gasteiger partial charge >= 0.3 is 19.7 Å². The molecular weight excluding hydrogens is 346 g/mol. The number of esters is 1. The molecule has 12 heteroatoms. The Morgan fingerprint density at radius 3 is 2.61 bits per heavy atom. The van der Waals surface area contributed by atoms with Gasteiger partial charge in [0, 0.05) is 0 Å². The summed E-state index contributed by atoms with van der Waals surface area (Å²) in [6.07, 6.45) is -4.23. The summed E-state index contributed by atoms with van der Waals surface area (Å²) in [6, 6.07) is 0.854. The molecular formula is C11H9F3NO7P. The molecule has 8 nitrogen and oxygen atoms in total. The monoisotopic (exact) mass is 355 g/mol. The van der Waals surface area contributed by atoms with Crippen molar-refractivity contribution in [3.63, 3.8) is 0 Å². The molecule has 23 heavy (non-hydrogen) atoms. The smallest absolute Gasteiger partial charge is 0.453 e. The number of furan rings is 1. The number of carbonyl (C=O) groups excluding carboxylic acids is 1. The van der Waals surface area contributed by atoms with Crippen molar-refractivity contribution in [1.82, 2.24) is 5.16 Å². The Labute approximate surface area is 126 Å². The first-order valence-electron chi connectivity index (χ1n) is 5.95. The molecule has 0 aliphatic carbocycles. The number of alkyl halides is 3. The Bertz CT molecular complexity index is 773. The summed E-state index contributed by atoms with van der Waals surface area (Å²) >= 11 is 0. The SMILES string of the molecule is CCOC(=O)c1c(-c2occc2P(=O)(O)O)noc1C(F)(F)F. The fourth-order valence-electron chi connectivity index (χ4n) is 1.74. The maximum Gasteiger partial charge on any atom is 0.453 e. The van der Waals surface area contributed by atoms with Crippen molar-refractivity contribution in [2.45, 2.75) is 13.1 Å². The van der Waals surface area contributed by atoms with E-state index in [1.54, 1.807) is 0 Å². The van der Waals surface area contributed by atoms with Crippen LogP contribution in [-0.2, 0) is 15.5 Å². The van der Waals surface area contributed by atoms with Crippen LogP contribution in [0.25, 0.3) is 11.5 Å². The van der Waals surface area contributed by atoms with E-state index in [4.69, 9.17) is 4.42 Å². The van der Waals surface area contributed by atoms with Gasteiger partial charge in [0.25, 0.3) is 5.76 Å². The van der Waals surface area contributed by atoms with Gasteiger partial charge in [-0.3, -0.25) is 4.57 Å². The van der Waals surface area contributed by atoms with E-state index in [0.29, 0.717) is 0 Å². The average molecular weight is 355 g/mol. The Morgan fingerprint density at radius 2 is 2.09 bits per heavy atom. The van der Waals surface area contributed by atoms with Crippen molar-refractivity contribution in [2.24, 2.45) is 0 Å². The van der Waals surface area contributed by atoms with Gasteiger partial charge in [-0.2, -0.15) is 13.2 Å². The molecule has 2 aromatic heterocycles. The Morgan fingerprint density at radius 1 is 1.43 bits per heavy atom. The van der Waals surface area contributed by atoms with Crippen molar-refractivity contribution in [3.05, 3.63) is 23.7 Å². The van der Waals surface area contributed by atoms with E-state index >= 15 is 0 Å². The number of rotatable bonds is 4. The number of ether oxygens (including phenoxy) is 1. The molecule has 126 valence electrons. The molecule has 2 rings (SSSR count). The lowest BCUT2D eigenvalue weighted by atomic mass is 10.1. The molecule has 0 aliphatic rings. The van der Waals surface area contributed by atoms with Gasteiger partial charge in [0.05, 0.1) is 12.9 Å². The molecule has 0 atom stereocenters. The zero-order valence-electron chi connectivity index (χ0n) is 11.3. The summed E-state index contributed by atoms with van der Waals surface area (Å²) in [6.45, 7) is 1.14. The maximum absolute atomic E-state index is 12.9. The fourth-order valence-corrected chi connectivity index (χ4v) is 2.42. The highest BCUT2D eigenvalue weighted by Crippen LogP contribution is 2.41. The third-order valence-corrected chi connectivity index (χ3v) is 3.58. The predicted molar refractivity (Wildman–Crippen MR) is 66.8 cm³/mol. The molecule has 0 bridgehead atoms. The van der Waals surface area contributed by atoms with E-state index in [1.807, 2.05) is 0 Å². The highest BCUT2D eigenvalue weighted by Gasteiger charge is 2.45. The van der Waals surface area contributed by atoms with Crippen molar-refractivity contribution >= 4 is 18.9 Å². The number of halogens is 3. The number of aromatic nitrogens is 1. The fraction of sp³-hybridized carbons (Fsp3) is 0.273. The van der Waals surface area contributed by atoms with Crippen LogP contribution in [0.3, 0.4) is 0 Å². The highest BCUT2D eigenvalue weighted by atomic mass is 31.2. The first kappa shape index (κ1) is 17.3. The van der Waals surface area contributed by atoms with Gasteiger partial charge in [0.2, 0.25) is 0 Å². The van der Waals surface area contributed by atoms with Gasteiger partial charge in [-0.25, -0.2) is 4.79 Å². The molecule has 0 aromatic carbocycles. The van der Waals surface area contributed by atoms with Gasteiger partial charge < -0.3 is 23.5 Å². The lowest BCUT2D eigenvalue weighted by Gasteiger charge is -2.06. The van der Waals surface area contributed by atoms with E-state index in [-0.39, 0.29) is 6.61 Å². The highest BCUT2D eigenvalue weighted by molar-refractivity contribution is 7.60. The van der Waals surface area contributed by atoms with E-state index in [9.17, 15) is 32.3 Å². The second kappa shape index (κ2) is 5.84. The average Bonchev–Trinajstić information content (AvgIpc) is 3.03. The molecule has 0 fully saturated rings. The topological polar surface area (TPSA) is 123 Å². The lowest BCUT2D eigenvalue weighted by Crippen LogP contribution is -2.15. The second-order valence-electron chi connectivity index (χ2n) is 4.13. The number of carbonyl (C=O) groups is 1. The third kappa shape index (κ3) is 3.31. The van der Waals surface area contributed by atoms with E-state index in [0.717, 1.165) is 12.3 Å². The Balaban J connectivity index is 2.70. The summed E-state index contributed by atoms with van der Waals surface area (Å²) in [5.74, 6) is -3.87. The molecule has 2 N–H and O–H groups in total. The first-order chi connectivity index (χ1) is 10.6. The summed E-state index contributed by atoms with van der Waals surface area (Å²) in [5.41, 5.74) is -1.93. The molecule has 2 aromatic rings. The van der Waals surface area contributed by atoms with Crippen LogP contribution in [-0.4, -0.2) is 27.5 Å². The van der Waals surface area contributed by atoms with Crippen LogP contribution in [0.15, 0.2) is 21.3 Å². The van der Waals surface area contributed by atoms with Crippen LogP contribution in [0.1, 0.15) is 23.0 Å². The minimum atomic E-state index is -5.07. The van der Waals surface area contributed by atoms with E-state index < -0.39 is 47.8 Å². The zero-order chi connectivity index (χ0) is 17.4. The summed E-state index contributed by atoms with van der Waals surface area (Å²) in [7, 11) is -4.88. The first-order valence-corrected chi connectivity index (χ1v) is 7.56. The minimum absolute atomic E-state index is 0.232. The predicted octanol–water partition coefficient (Wildman–Crippen LogP) is 1.93. The molecule has 0 spiro atoms. The normalized spacial score (nSPS) is 12.4. The number of hydrogen-bond donors (Lipinski definition) is 2. The van der Waals surface area contributed by atoms with E-state index in [1.165, 1.54) is 6.92 Å². The standard InChI is InChI=1S/C11H9F3NO7P/c1-2-20-10(16)6-7(15-22-9(6)11(12,13)14)8-5(3-4-21-8)23(17,18)19/h3-4H,2H2,1H3,(H2,17,18,19). The van der Waals surface area contributed by atoms with Crippen LogP contribution < -0.4 is 5.30 Å². The zero-order valence-corrected chi connectivity index (χ0v) is 12.2. The Kier molecular flexibility index (Phi) is 4.38. The third-order valence-electron chi connectivity index (χ3n) is 2.60. The molecule has 0 aliphatic heterocycles. The van der Waals surface area contributed by atoms with E-state index in [2.05, 4.69) is 14.4 Å². The van der Waals surface area contributed by atoms with Crippen LogP contribution in [0, 0.1) is 0 Å². The van der Waals surface area contributed by atoms with Crippen LogP contribution in [0.2, 0.25) is 0 Å². The van der Waals surface area contributed by atoms with Gasteiger partial charge in [-0.05, 0) is 13.0 Å². The summed E-state index contributed by atoms with van der Waals surface area (Å²) in [5, 5.41) is 2.34. The number of nitrogens with zero attached hydrogens (tertiary/aromatic N) is 1. The van der Waals surface area contributed by atoms with Gasteiger partial charge in [-0.15, -0.1) is 0 Å². The van der Waals surface area contributed by atoms with Crippen LogP contribution >= 0.6 is 7.60 Å². The molecule has 0 radical (unpaired) electrons. The van der Waals surface area contributed by atoms with Crippen LogP contribution in [0.5, 0.6) is 0 Å². The van der Waals surface area contributed by atoms with Gasteiger partial charge in [0.1, 0.15) is 10.9 Å². The number of hydrogen-bond acceptors (Lipinski definition) is 6. The molecule has 0 saturated heterocycles.